The number of anilines is 2. The predicted molar refractivity (Wildman–Crippen MR) is 187 cm³/mol. The Balaban J connectivity index is 0.988. The maximum Gasteiger partial charge on any atom is 0.416 e. The van der Waals surface area contributed by atoms with Crippen LogP contribution in [0.15, 0.2) is 54.9 Å². The summed E-state index contributed by atoms with van der Waals surface area (Å²) in [5.74, 6) is -2.67. The molecule has 55 heavy (non-hydrogen) atoms. The summed E-state index contributed by atoms with van der Waals surface area (Å²) in [5.41, 5.74) is -1.23. The van der Waals surface area contributed by atoms with Crippen LogP contribution in [-0.4, -0.2) is 68.3 Å². The molecule has 2 saturated carbocycles. The smallest absolute Gasteiger partial charge is 0.416 e. The molecule has 8 rings (SSSR count). The number of benzene rings is 2. The summed E-state index contributed by atoms with van der Waals surface area (Å²) in [6, 6.07) is 9.47. The zero-order chi connectivity index (χ0) is 39.0. The summed E-state index contributed by atoms with van der Waals surface area (Å²) in [6.45, 7) is 3.42. The molecule has 2 saturated heterocycles. The Kier molecular flexibility index (Phi) is 8.99. The van der Waals surface area contributed by atoms with Crippen LogP contribution < -0.4 is 9.80 Å². The van der Waals surface area contributed by atoms with Crippen molar-refractivity contribution in [1.82, 2.24) is 19.9 Å². The second-order valence-corrected chi connectivity index (χ2v) is 15.3. The quantitative estimate of drug-likeness (QED) is 0.179. The van der Waals surface area contributed by atoms with Gasteiger partial charge in [0.2, 0.25) is 11.9 Å². The highest BCUT2D eigenvalue weighted by molar-refractivity contribution is 5.94. The molecular formula is C39H36F6N6O4. The number of hydrogen-bond acceptors (Lipinski definition) is 8. The van der Waals surface area contributed by atoms with Crippen LogP contribution in [0, 0.1) is 30.6 Å². The van der Waals surface area contributed by atoms with Crippen LogP contribution in [0.1, 0.15) is 86.3 Å². The summed E-state index contributed by atoms with van der Waals surface area (Å²) >= 11 is 0. The lowest BCUT2D eigenvalue weighted by Gasteiger charge is -2.23. The molecule has 4 aliphatic rings. The third-order valence-electron chi connectivity index (χ3n) is 12.0. The SMILES string of the molecule is Cc1cnc(N2C[C@H]3C[C@@H](c4ccc(-c5cnc(N6C[C@H]7C[C@@H](c8ccccc8C(F)(F)F)C[C@H]7C6)nc5C(=O)O)cc4C(F)(F)F)C[C@H]3C2)nc1C(=O)O. The van der Waals surface area contributed by atoms with E-state index in [0.29, 0.717) is 57.4 Å². The topological polar surface area (TPSA) is 133 Å². The standard InChI is InChI=1S/C39H36F6N6O4/c1-19-13-46-36(48-32(19)34(52)53)50-15-25-10-22(11-26(25)16-50)28-7-6-20(12-31(28)39(43,44)45)29-14-47-37(49-33(29)35(54)55)51-17-23-8-21(9-24(23)18-51)27-4-2-3-5-30(27)38(40,41)42/h2-7,12-14,21-26H,8-11,15-18H2,1H3,(H,52,53)(H,54,55)/t21-,22-,23-,24+,25-,26+. The van der Waals surface area contributed by atoms with E-state index in [2.05, 4.69) is 19.9 Å². The summed E-state index contributed by atoms with van der Waals surface area (Å²) in [5, 5.41) is 19.6. The Morgan fingerprint density at radius 1 is 0.655 bits per heavy atom. The zero-order valence-electron chi connectivity index (χ0n) is 29.5. The minimum absolute atomic E-state index is 0.0135. The fourth-order valence-electron chi connectivity index (χ4n) is 9.57. The largest absolute Gasteiger partial charge is 0.476 e. The van der Waals surface area contributed by atoms with Crippen LogP contribution in [-0.2, 0) is 12.4 Å². The number of fused-ring (bicyclic) bond motifs is 2. The van der Waals surface area contributed by atoms with Gasteiger partial charge in [-0.3, -0.25) is 0 Å². The lowest BCUT2D eigenvalue weighted by Crippen LogP contribution is -2.25. The molecule has 0 unspecified atom stereocenters. The molecule has 6 atom stereocenters. The first-order valence-corrected chi connectivity index (χ1v) is 18.1. The van der Waals surface area contributed by atoms with E-state index >= 15 is 0 Å². The maximum absolute atomic E-state index is 14.7. The van der Waals surface area contributed by atoms with Gasteiger partial charge >= 0.3 is 24.3 Å². The minimum atomic E-state index is -4.73. The highest BCUT2D eigenvalue weighted by Crippen LogP contribution is 2.51. The van der Waals surface area contributed by atoms with E-state index in [1.165, 1.54) is 36.7 Å². The van der Waals surface area contributed by atoms with Crippen molar-refractivity contribution in [3.05, 3.63) is 94.1 Å². The summed E-state index contributed by atoms with van der Waals surface area (Å²) in [4.78, 5) is 44.9. The first-order valence-electron chi connectivity index (χ1n) is 18.1. The zero-order valence-corrected chi connectivity index (χ0v) is 29.5. The molecule has 2 N–H and O–H groups in total. The number of halogens is 6. The van der Waals surface area contributed by atoms with Gasteiger partial charge in [-0.15, -0.1) is 0 Å². The number of nitrogens with zero attached hydrogens (tertiary/aromatic N) is 6. The van der Waals surface area contributed by atoms with E-state index in [0.717, 1.165) is 12.1 Å². The predicted octanol–water partition coefficient (Wildman–Crippen LogP) is 7.94. The van der Waals surface area contributed by atoms with Crippen molar-refractivity contribution in [2.45, 2.75) is 56.8 Å². The van der Waals surface area contributed by atoms with E-state index < -0.39 is 47.0 Å². The van der Waals surface area contributed by atoms with Crippen LogP contribution in [0.2, 0.25) is 0 Å². The van der Waals surface area contributed by atoms with E-state index in [-0.39, 0.29) is 69.4 Å². The fraction of sp³-hybridized carbons (Fsp3) is 0.436. The van der Waals surface area contributed by atoms with Gasteiger partial charge < -0.3 is 20.0 Å². The highest BCUT2D eigenvalue weighted by Gasteiger charge is 2.46. The van der Waals surface area contributed by atoms with Crippen LogP contribution in [0.5, 0.6) is 0 Å². The van der Waals surface area contributed by atoms with E-state index in [1.54, 1.807) is 17.9 Å². The summed E-state index contributed by atoms with van der Waals surface area (Å²) < 4.78 is 85.1. The first kappa shape index (κ1) is 36.7. The molecule has 0 amide bonds. The van der Waals surface area contributed by atoms with Crippen LogP contribution in [0.25, 0.3) is 11.1 Å². The van der Waals surface area contributed by atoms with Crippen molar-refractivity contribution in [2.75, 3.05) is 36.0 Å². The van der Waals surface area contributed by atoms with Crippen molar-refractivity contribution in [3.8, 4) is 11.1 Å². The number of carbonyl (C=O) groups is 2. The van der Waals surface area contributed by atoms with Crippen molar-refractivity contribution < 1.29 is 46.1 Å². The van der Waals surface area contributed by atoms with Gasteiger partial charge in [0.1, 0.15) is 0 Å². The number of aromatic carboxylic acids is 2. The molecule has 0 radical (unpaired) electrons. The van der Waals surface area contributed by atoms with Gasteiger partial charge in [0.05, 0.1) is 11.1 Å². The van der Waals surface area contributed by atoms with Crippen LogP contribution in [0.3, 0.4) is 0 Å². The second kappa shape index (κ2) is 13.5. The molecule has 4 fully saturated rings. The van der Waals surface area contributed by atoms with Crippen molar-refractivity contribution in [1.29, 1.82) is 0 Å². The van der Waals surface area contributed by atoms with Crippen LogP contribution in [0.4, 0.5) is 38.2 Å². The summed E-state index contributed by atoms with van der Waals surface area (Å²) in [6.07, 6.45) is -4.49. The third kappa shape index (κ3) is 6.84. The molecule has 2 aliphatic heterocycles. The Morgan fingerprint density at radius 3 is 1.64 bits per heavy atom. The molecule has 0 spiro atoms. The van der Waals surface area contributed by atoms with Gasteiger partial charge in [-0.1, -0.05) is 30.3 Å². The van der Waals surface area contributed by atoms with Gasteiger partial charge in [0.15, 0.2) is 11.4 Å². The lowest BCUT2D eigenvalue weighted by atomic mass is 9.89. The molecule has 4 aromatic rings. The first-order chi connectivity index (χ1) is 26.0. The number of alkyl halides is 6. The fourth-order valence-corrected chi connectivity index (χ4v) is 9.57. The number of hydrogen-bond donors (Lipinski definition) is 2. The number of aryl methyl sites for hydroxylation is 1. The van der Waals surface area contributed by atoms with Gasteiger partial charge in [-0.25, -0.2) is 29.5 Å². The van der Waals surface area contributed by atoms with Crippen LogP contribution >= 0.6 is 0 Å². The monoisotopic (exact) mass is 766 g/mol. The van der Waals surface area contributed by atoms with Gasteiger partial charge in [-0.2, -0.15) is 26.3 Å². The second-order valence-electron chi connectivity index (χ2n) is 15.3. The average molecular weight is 767 g/mol. The van der Waals surface area contributed by atoms with Crippen molar-refractivity contribution in [3.63, 3.8) is 0 Å². The number of rotatable bonds is 7. The highest BCUT2D eigenvalue weighted by atomic mass is 19.4. The van der Waals surface area contributed by atoms with Crippen molar-refractivity contribution >= 4 is 23.8 Å². The number of aromatic nitrogens is 4. The molecule has 2 aromatic carbocycles. The molecule has 288 valence electrons. The molecule has 10 nitrogen and oxygen atoms in total. The maximum atomic E-state index is 14.7. The Morgan fingerprint density at radius 2 is 1.13 bits per heavy atom. The minimum Gasteiger partial charge on any atom is -0.476 e. The molecule has 2 aliphatic carbocycles. The third-order valence-corrected chi connectivity index (χ3v) is 12.0. The number of carboxylic acids is 2. The Hall–Kier alpha value is -5.28. The summed E-state index contributed by atoms with van der Waals surface area (Å²) in [7, 11) is 0. The Bertz CT molecular complexity index is 2150. The van der Waals surface area contributed by atoms with Gasteiger partial charge in [-0.05, 0) is 96.9 Å². The molecular weight excluding hydrogens is 730 g/mol. The lowest BCUT2D eigenvalue weighted by molar-refractivity contribution is -0.139. The molecule has 4 heterocycles. The van der Waals surface area contributed by atoms with Crippen molar-refractivity contribution in [2.24, 2.45) is 23.7 Å². The van der Waals surface area contributed by atoms with E-state index in [1.807, 2.05) is 4.90 Å². The molecule has 0 bridgehead atoms. The average Bonchev–Trinajstić information content (AvgIpc) is 3.91. The van der Waals surface area contributed by atoms with Gasteiger partial charge in [0, 0.05) is 49.7 Å². The van der Waals surface area contributed by atoms with E-state index in [9.17, 15) is 46.1 Å². The normalized spacial score (nSPS) is 25.0. The Labute approximate surface area is 311 Å². The number of carboxylic acid groups (broad SMARTS) is 2. The van der Waals surface area contributed by atoms with E-state index in [4.69, 9.17) is 0 Å². The molecule has 2 aromatic heterocycles. The van der Waals surface area contributed by atoms with Gasteiger partial charge in [0.25, 0.3) is 0 Å². The molecule has 16 heteroatoms.